The minimum Gasteiger partial charge on any atom is -0.383 e. The largest absolute Gasteiger partial charge is 0.383 e. The zero-order valence-corrected chi connectivity index (χ0v) is 17.2. The predicted octanol–water partition coefficient (Wildman–Crippen LogP) is 3.02. The standard InChI is InChI=1S/C21H28N6O2/c1-4-13(2)11-27(12-15-8-6-5-7-14(15)3)21(29)20(28)25-17-10-23-19(22)16-9-24-26-18(16)17/h7-10,13H,4-6,11-12H2,1-3H3,(H2,22,23)(H,24,26)(H,25,28). The maximum Gasteiger partial charge on any atom is 0.314 e. The molecule has 8 nitrogen and oxygen atoms in total. The monoisotopic (exact) mass is 396 g/mol. The van der Waals surface area contributed by atoms with E-state index >= 15 is 0 Å². The van der Waals surface area contributed by atoms with Crippen LogP contribution < -0.4 is 11.1 Å². The third-order valence-electron chi connectivity index (χ3n) is 5.35. The summed E-state index contributed by atoms with van der Waals surface area (Å²) in [5.74, 6) is -0.663. The molecule has 0 spiro atoms. The molecular weight excluding hydrogens is 368 g/mol. The second-order valence-electron chi connectivity index (χ2n) is 7.56. The van der Waals surface area contributed by atoms with Gasteiger partial charge >= 0.3 is 11.8 Å². The molecule has 1 unspecified atom stereocenters. The van der Waals surface area contributed by atoms with Crippen molar-refractivity contribution in [2.75, 3.05) is 24.1 Å². The fraction of sp³-hybridized carbons (Fsp3) is 0.429. The van der Waals surface area contributed by atoms with Crippen LogP contribution in [0.5, 0.6) is 0 Å². The van der Waals surface area contributed by atoms with Gasteiger partial charge in [-0.25, -0.2) is 4.98 Å². The van der Waals surface area contributed by atoms with E-state index in [0.29, 0.717) is 35.5 Å². The van der Waals surface area contributed by atoms with Crippen molar-refractivity contribution in [3.8, 4) is 0 Å². The average Bonchev–Trinajstić information content (AvgIpc) is 3.21. The zero-order chi connectivity index (χ0) is 21.0. The molecule has 0 radical (unpaired) electrons. The van der Waals surface area contributed by atoms with Crippen molar-refractivity contribution in [2.24, 2.45) is 5.92 Å². The van der Waals surface area contributed by atoms with Gasteiger partial charge in [0.15, 0.2) is 0 Å². The molecule has 0 saturated heterocycles. The summed E-state index contributed by atoms with van der Waals surface area (Å²) in [5.41, 5.74) is 9.01. The highest BCUT2D eigenvalue weighted by atomic mass is 16.2. The van der Waals surface area contributed by atoms with Crippen LogP contribution in [0.25, 0.3) is 10.9 Å². The van der Waals surface area contributed by atoms with Gasteiger partial charge in [-0.1, -0.05) is 38.0 Å². The molecule has 2 aromatic rings. The summed E-state index contributed by atoms with van der Waals surface area (Å²) in [6.45, 7) is 7.15. The lowest BCUT2D eigenvalue weighted by Crippen LogP contribution is -2.43. The highest BCUT2D eigenvalue weighted by Gasteiger charge is 2.25. The Bertz CT molecular complexity index is 975. The van der Waals surface area contributed by atoms with Crippen molar-refractivity contribution < 1.29 is 9.59 Å². The molecule has 3 rings (SSSR count). The van der Waals surface area contributed by atoms with Crippen LogP contribution in [0, 0.1) is 5.92 Å². The summed E-state index contributed by atoms with van der Waals surface area (Å²) in [6.07, 6.45) is 10.2. The molecule has 2 aromatic heterocycles. The van der Waals surface area contributed by atoms with Crippen LogP contribution in [0.3, 0.4) is 0 Å². The average molecular weight is 396 g/mol. The first-order valence-corrected chi connectivity index (χ1v) is 9.94. The van der Waals surface area contributed by atoms with E-state index in [4.69, 9.17) is 5.73 Å². The van der Waals surface area contributed by atoms with Crippen molar-refractivity contribution >= 4 is 34.2 Å². The smallest absolute Gasteiger partial charge is 0.314 e. The maximum atomic E-state index is 13.0. The van der Waals surface area contributed by atoms with Crippen LogP contribution in [0.2, 0.25) is 0 Å². The second kappa shape index (κ2) is 8.89. The van der Waals surface area contributed by atoms with Crippen molar-refractivity contribution in [1.82, 2.24) is 20.1 Å². The first-order valence-electron chi connectivity index (χ1n) is 9.94. The van der Waals surface area contributed by atoms with Gasteiger partial charge in [0.05, 0.1) is 29.0 Å². The van der Waals surface area contributed by atoms with Crippen molar-refractivity contribution in [1.29, 1.82) is 0 Å². The number of nitrogens with one attached hydrogen (secondary N) is 2. The Labute approximate surface area is 170 Å². The summed E-state index contributed by atoms with van der Waals surface area (Å²) in [4.78, 5) is 31.5. The number of H-pyrrole nitrogens is 1. The van der Waals surface area contributed by atoms with Crippen LogP contribution in [0.4, 0.5) is 11.5 Å². The Kier molecular flexibility index (Phi) is 6.31. The highest BCUT2D eigenvalue weighted by molar-refractivity contribution is 6.40. The third kappa shape index (κ3) is 4.64. The first-order chi connectivity index (χ1) is 13.9. The number of amides is 2. The molecule has 0 fully saturated rings. The minimum absolute atomic E-state index is 0.290. The van der Waals surface area contributed by atoms with E-state index in [9.17, 15) is 9.59 Å². The molecule has 1 atom stereocenters. The van der Waals surface area contributed by atoms with Gasteiger partial charge in [-0.3, -0.25) is 14.7 Å². The van der Waals surface area contributed by atoms with Gasteiger partial charge in [-0.15, -0.1) is 0 Å². The van der Waals surface area contributed by atoms with Gasteiger partial charge in [0.1, 0.15) is 5.82 Å². The van der Waals surface area contributed by atoms with Crippen LogP contribution in [-0.2, 0) is 9.59 Å². The Morgan fingerprint density at radius 2 is 2.07 bits per heavy atom. The lowest BCUT2D eigenvalue weighted by molar-refractivity contribution is -0.143. The molecule has 0 aliphatic heterocycles. The molecular formula is C21H28N6O2. The summed E-state index contributed by atoms with van der Waals surface area (Å²) in [7, 11) is 0. The quantitative estimate of drug-likeness (QED) is 0.649. The first kappa shape index (κ1) is 20.6. The van der Waals surface area contributed by atoms with E-state index in [1.54, 1.807) is 4.90 Å². The molecule has 1 aliphatic carbocycles. The molecule has 0 saturated carbocycles. The van der Waals surface area contributed by atoms with Crippen LogP contribution in [0.1, 0.15) is 40.0 Å². The number of hydrogen-bond donors (Lipinski definition) is 3. The molecule has 29 heavy (non-hydrogen) atoms. The Hall–Kier alpha value is -3.16. The van der Waals surface area contributed by atoms with Crippen LogP contribution in [-0.4, -0.2) is 45.0 Å². The van der Waals surface area contributed by atoms with E-state index in [0.717, 1.165) is 24.8 Å². The van der Waals surface area contributed by atoms with Gasteiger partial charge in [0.25, 0.3) is 0 Å². The summed E-state index contributed by atoms with van der Waals surface area (Å²) < 4.78 is 0. The number of carbonyl (C=O) groups excluding carboxylic acids is 2. The van der Waals surface area contributed by atoms with E-state index in [2.05, 4.69) is 46.5 Å². The SMILES string of the molecule is CCC(C)CN(CC1=CCCC=C1C)C(=O)C(=O)Nc1cnc(N)c2cn[nH]c12. The molecule has 2 heterocycles. The lowest BCUT2D eigenvalue weighted by atomic mass is 9.98. The lowest BCUT2D eigenvalue weighted by Gasteiger charge is -2.27. The second-order valence-corrected chi connectivity index (χ2v) is 7.56. The van der Waals surface area contributed by atoms with E-state index in [1.165, 1.54) is 18.0 Å². The van der Waals surface area contributed by atoms with Crippen LogP contribution >= 0.6 is 0 Å². The molecule has 8 heteroatoms. The topological polar surface area (TPSA) is 117 Å². The number of nitrogens with zero attached hydrogens (tertiary/aromatic N) is 3. The third-order valence-corrected chi connectivity index (χ3v) is 5.35. The predicted molar refractivity (Wildman–Crippen MR) is 114 cm³/mol. The molecule has 154 valence electrons. The van der Waals surface area contributed by atoms with Gasteiger partial charge in [0.2, 0.25) is 0 Å². The number of pyridine rings is 1. The number of rotatable bonds is 6. The number of aromatic amines is 1. The number of nitrogen functional groups attached to an aromatic ring is 1. The zero-order valence-electron chi connectivity index (χ0n) is 17.2. The fourth-order valence-electron chi connectivity index (χ4n) is 3.34. The molecule has 0 aromatic carbocycles. The number of anilines is 2. The number of nitrogens with two attached hydrogens (primary N) is 1. The normalized spacial score (nSPS) is 14.9. The van der Waals surface area contributed by atoms with Gasteiger partial charge in [0, 0.05) is 13.1 Å². The van der Waals surface area contributed by atoms with Gasteiger partial charge in [-0.05, 0) is 31.3 Å². The van der Waals surface area contributed by atoms with Gasteiger partial charge < -0.3 is 16.0 Å². The molecule has 4 N–H and O–H groups in total. The Morgan fingerprint density at radius 1 is 1.31 bits per heavy atom. The van der Waals surface area contributed by atoms with Crippen molar-refractivity contribution in [3.05, 3.63) is 35.7 Å². The fourth-order valence-corrected chi connectivity index (χ4v) is 3.34. The Morgan fingerprint density at radius 3 is 2.79 bits per heavy atom. The number of hydrogen-bond acceptors (Lipinski definition) is 5. The van der Waals surface area contributed by atoms with Crippen molar-refractivity contribution in [2.45, 2.75) is 40.0 Å². The molecule has 2 amide bonds. The maximum absolute atomic E-state index is 13.0. The highest BCUT2D eigenvalue weighted by Crippen LogP contribution is 2.24. The molecule has 0 bridgehead atoms. The summed E-state index contributed by atoms with van der Waals surface area (Å²) in [6, 6.07) is 0. The number of aromatic nitrogens is 3. The summed E-state index contributed by atoms with van der Waals surface area (Å²) in [5, 5.41) is 9.99. The molecule has 1 aliphatic rings. The number of fused-ring (bicyclic) bond motifs is 1. The Balaban J connectivity index is 1.79. The minimum atomic E-state index is -0.700. The number of allylic oxidation sites excluding steroid dienone is 2. The van der Waals surface area contributed by atoms with Crippen LogP contribution in [0.15, 0.2) is 35.7 Å². The van der Waals surface area contributed by atoms with E-state index in [-0.39, 0.29) is 5.92 Å². The number of carbonyl (C=O) groups is 2. The van der Waals surface area contributed by atoms with Gasteiger partial charge in [-0.2, -0.15) is 5.10 Å². The van der Waals surface area contributed by atoms with E-state index < -0.39 is 11.8 Å². The van der Waals surface area contributed by atoms with Crippen molar-refractivity contribution in [3.63, 3.8) is 0 Å². The summed E-state index contributed by atoms with van der Waals surface area (Å²) >= 11 is 0. The van der Waals surface area contributed by atoms with E-state index in [1.807, 2.05) is 6.92 Å².